The number of carbonyl (C=O) groups is 1. The lowest BCUT2D eigenvalue weighted by Crippen LogP contribution is -2.45. The third-order valence-electron chi connectivity index (χ3n) is 4.68. The molecule has 4 heteroatoms. The van der Waals surface area contributed by atoms with Crippen molar-refractivity contribution in [2.45, 2.75) is 76.3 Å². The Hall–Kier alpha value is -1.08. The van der Waals surface area contributed by atoms with Gasteiger partial charge in [0, 0.05) is 12.1 Å². The molecule has 2 aliphatic carbocycles. The fourth-order valence-electron chi connectivity index (χ4n) is 3.56. The lowest BCUT2D eigenvalue weighted by molar-refractivity contribution is -0.123. The smallest absolute Gasteiger partial charge is 0.234 e. The second kappa shape index (κ2) is 8.26. The van der Waals surface area contributed by atoms with Crippen LogP contribution in [0.5, 0.6) is 0 Å². The predicted octanol–water partition coefficient (Wildman–Crippen LogP) is 2.59. The number of nitrogens with zero attached hydrogens (tertiary/aromatic N) is 2. The van der Waals surface area contributed by atoms with Gasteiger partial charge in [0.05, 0.1) is 19.2 Å². The first-order valence-corrected chi connectivity index (χ1v) is 8.20. The van der Waals surface area contributed by atoms with Gasteiger partial charge in [-0.05, 0) is 25.7 Å². The minimum Gasteiger partial charge on any atom is -0.352 e. The van der Waals surface area contributed by atoms with E-state index in [1.54, 1.807) is 0 Å². The lowest BCUT2D eigenvalue weighted by atomic mass is 10.1. The van der Waals surface area contributed by atoms with Crippen molar-refractivity contribution in [3.8, 4) is 6.07 Å². The lowest BCUT2D eigenvalue weighted by Gasteiger charge is -2.26. The van der Waals surface area contributed by atoms with Gasteiger partial charge < -0.3 is 5.32 Å². The number of carbonyl (C=O) groups excluding carboxylic acids is 1. The number of nitrogens with one attached hydrogen (secondary N) is 1. The minimum absolute atomic E-state index is 0.110. The summed E-state index contributed by atoms with van der Waals surface area (Å²) in [7, 11) is 0. The third kappa shape index (κ3) is 4.79. The van der Waals surface area contributed by atoms with E-state index in [1.165, 1.54) is 38.5 Å². The molecule has 2 aliphatic rings. The molecule has 0 spiro atoms. The maximum Gasteiger partial charge on any atom is 0.234 e. The van der Waals surface area contributed by atoms with E-state index in [4.69, 9.17) is 5.26 Å². The Morgan fingerprint density at radius 2 is 1.65 bits per heavy atom. The van der Waals surface area contributed by atoms with Gasteiger partial charge in [-0.2, -0.15) is 5.26 Å². The standard InChI is InChI=1S/C16H27N3O/c17-11-12-19(15-9-5-6-10-15)13-16(20)18-14-7-3-1-2-4-8-14/h14-15H,1-10,12-13H2,(H,18,20). The van der Waals surface area contributed by atoms with Crippen molar-refractivity contribution >= 4 is 5.91 Å². The van der Waals surface area contributed by atoms with Crippen LogP contribution in [-0.4, -0.2) is 36.0 Å². The van der Waals surface area contributed by atoms with Crippen LogP contribution in [0.15, 0.2) is 0 Å². The van der Waals surface area contributed by atoms with Crippen LogP contribution in [0.4, 0.5) is 0 Å². The van der Waals surface area contributed by atoms with E-state index in [2.05, 4.69) is 16.3 Å². The van der Waals surface area contributed by atoms with Crippen molar-refractivity contribution in [3.63, 3.8) is 0 Å². The molecule has 0 aliphatic heterocycles. The second-order valence-corrected chi connectivity index (χ2v) is 6.26. The highest BCUT2D eigenvalue weighted by molar-refractivity contribution is 5.78. The summed E-state index contributed by atoms with van der Waals surface area (Å²) in [5.41, 5.74) is 0. The summed E-state index contributed by atoms with van der Waals surface area (Å²) < 4.78 is 0. The van der Waals surface area contributed by atoms with Crippen LogP contribution in [0.2, 0.25) is 0 Å². The predicted molar refractivity (Wildman–Crippen MR) is 79.1 cm³/mol. The van der Waals surface area contributed by atoms with Crippen molar-refractivity contribution in [1.82, 2.24) is 10.2 Å². The van der Waals surface area contributed by atoms with Crippen molar-refractivity contribution < 1.29 is 4.79 Å². The van der Waals surface area contributed by atoms with Gasteiger partial charge in [-0.15, -0.1) is 0 Å². The van der Waals surface area contributed by atoms with E-state index in [1.807, 2.05) is 0 Å². The van der Waals surface area contributed by atoms with E-state index in [-0.39, 0.29) is 5.91 Å². The van der Waals surface area contributed by atoms with Gasteiger partial charge in [0.25, 0.3) is 0 Å². The highest BCUT2D eigenvalue weighted by Crippen LogP contribution is 2.23. The van der Waals surface area contributed by atoms with Crippen LogP contribution in [0.1, 0.15) is 64.2 Å². The monoisotopic (exact) mass is 277 g/mol. The molecule has 2 saturated carbocycles. The van der Waals surface area contributed by atoms with Crippen LogP contribution < -0.4 is 5.32 Å². The van der Waals surface area contributed by atoms with E-state index in [9.17, 15) is 4.79 Å². The third-order valence-corrected chi connectivity index (χ3v) is 4.68. The quantitative estimate of drug-likeness (QED) is 0.621. The molecular formula is C16H27N3O. The van der Waals surface area contributed by atoms with E-state index >= 15 is 0 Å². The summed E-state index contributed by atoms with van der Waals surface area (Å²) in [5.74, 6) is 0.110. The number of nitriles is 1. The van der Waals surface area contributed by atoms with Crippen LogP contribution in [-0.2, 0) is 4.79 Å². The highest BCUT2D eigenvalue weighted by Gasteiger charge is 2.25. The van der Waals surface area contributed by atoms with Crippen molar-refractivity contribution in [1.29, 1.82) is 5.26 Å². The molecule has 0 radical (unpaired) electrons. The largest absolute Gasteiger partial charge is 0.352 e. The molecule has 20 heavy (non-hydrogen) atoms. The number of hydrogen-bond donors (Lipinski definition) is 1. The zero-order chi connectivity index (χ0) is 14.2. The van der Waals surface area contributed by atoms with Crippen LogP contribution in [0.25, 0.3) is 0 Å². The molecule has 4 nitrogen and oxygen atoms in total. The molecule has 0 unspecified atom stereocenters. The Kier molecular flexibility index (Phi) is 6.32. The Morgan fingerprint density at radius 3 is 2.25 bits per heavy atom. The SMILES string of the molecule is N#CCN(CC(=O)NC1CCCCCC1)C1CCCC1. The number of amides is 1. The average molecular weight is 277 g/mol. The van der Waals surface area contributed by atoms with E-state index in [0.29, 0.717) is 25.2 Å². The minimum atomic E-state index is 0.110. The van der Waals surface area contributed by atoms with Gasteiger partial charge in [0.15, 0.2) is 0 Å². The molecule has 0 aromatic carbocycles. The molecule has 2 fully saturated rings. The first-order chi connectivity index (χ1) is 9.79. The molecular weight excluding hydrogens is 250 g/mol. The Bertz CT molecular complexity index is 336. The van der Waals surface area contributed by atoms with Gasteiger partial charge in [0.2, 0.25) is 5.91 Å². The van der Waals surface area contributed by atoms with Gasteiger partial charge in [-0.3, -0.25) is 9.69 Å². The van der Waals surface area contributed by atoms with Gasteiger partial charge in [-0.1, -0.05) is 38.5 Å². The first kappa shape index (κ1) is 15.3. The topological polar surface area (TPSA) is 56.1 Å². The summed E-state index contributed by atoms with van der Waals surface area (Å²) in [4.78, 5) is 14.3. The molecule has 0 aromatic rings. The highest BCUT2D eigenvalue weighted by atomic mass is 16.2. The summed E-state index contributed by atoms with van der Waals surface area (Å²) in [6, 6.07) is 3.01. The molecule has 0 heterocycles. The maximum atomic E-state index is 12.2. The molecule has 112 valence electrons. The Balaban J connectivity index is 1.79. The second-order valence-electron chi connectivity index (χ2n) is 6.26. The van der Waals surface area contributed by atoms with E-state index < -0.39 is 0 Å². The van der Waals surface area contributed by atoms with Crippen LogP contribution >= 0.6 is 0 Å². The van der Waals surface area contributed by atoms with Gasteiger partial charge in [-0.25, -0.2) is 0 Å². The first-order valence-electron chi connectivity index (χ1n) is 8.20. The van der Waals surface area contributed by atoms with Gasteiger partial charge in [0.1, 0.15) is 0 Å². The zero-order valence-corrected chi connectivity index (χ0v) is 12.4. The number of hydrogen-bond acceptors (Lipinski definition) is 3. The molecule has 2 rings (SSSR count). The van der Waals surface area contributed by atoms with Crippen molar-refractivity contribution in [3.05, 3.63) is 0 Å². The van der Waals surface area contributed by atoms with Crippen LogP contribution in [0, 0.1) is 11.3 Å². The van der Waals surface area contributed by atoms with Gasteiger partial charge >= 0.3 is 0 Å². The average Bonchev–Trinajstić information content (AvgIpc) is 2.85. The summed E-state index contributed by atoms with van der Waals surface area (Å²) in [5, 5.41) is 12.1. The molecule has 0 bridgehead atoms. The Morgan fingerprint density at radius 1 is 1.05 bits per heavy atom. The fourth-order valence-corrected chi connectivity index (χ4v) is 3.56. The maximum absolute atomic E-state index is 12.2. The van der Waals surface area contributed by atoms with Crippen molar-refractivity contribution in [2.75, 3.05) is 13.1 Å². The summed E-state index contributed by atoms with van der Waals surface area (Å²) in [6.45, 7) is 0.775. The molecule has 1 amide bonds. The molecule has 0 aromatic heterocycles. The fraction of sp³-hybridized carbons (Fsp3) is 0.875. The summed E-state index contributed by atoms with van der Waals surface area (Å²) >= 11 is 0. The Labute approximate surface area is 122 Å². The van der Waals surface area contributed by atoms with Crippen molar-refractivity contribution in [2.24, 2.45) is 0 Å². The van der Waals surface area contributed by atoms with Crippen LogP contribution in [0.3, 0.4) is 0 Å². The normalized spacial score (nSPS) is 21.6. The molecule has 0 saturated heterocycles. The van der Waals surface area contributed by atoms with E-state index in [0.717, 1.165) is 25.7 Å². The zero-order valence-electron chi connectivity index (χ0n) is 12.4. The molecule has 1 N–H and O–H groups in total. The number of rotatable bonds is 5. The summed E-state index contributed by atoms with van der Waals surface area (Å²) in [6.07, 6.45) is 12.0. The molecule has 0 atom stereocenters.